The van der Waals surface area contributed by atoms with Gasteiger partial charge in [-0.1, -0.05) is 41.9 Å². The lowest BCUT2D eigenvalue weighted by Gasteiger charge is -2.25. The molecule has 0 aliphatic heterocycles. The summed E-state index contributed by atoms with van der Waals surface area (Å²) in [6, 6.07) is 13.5. The summed E-state index contributed by atoms with van der Waals surface area (Å²) in [7, 11) is 1.67. The van der Waals surface area contributed by atoms with Gasteiger partial charge in [0, 0.05) is 18.7 Å². The van der Waals surface area contributed by atoms with Gasteiger partial charge in [-0.2, -0.15) is 0 Å². The minimum atomic E-state index is -0.597. The van der Waals surface area contributed by atoms with Crippen LogP contribution in [0.15, 0.2) is 48.5 Å². The zero-order valence-electron chi connectivity index (χ0n) is 12.2. The molecule has 0 bridgehead atoms. The van der Waals surface area contributed by atoms with Gasteiger partial charge in [0.2, 0.25) is 0 Å². The molecule has 0 radical (unpaired) electrons. The van der Waals surface area contributed by atoms with Gasteiger partial charge >= 0.3 is 0 Å². The molecule has 1 amide bonds. The maximum Gasteiger partial charge on any atom is 0.288 e. The predicted molar refractivity (Wildman–Crippen MR) is 85.1 cm³/mol. The Morgan fingerprint density at radius 3 is 2.45 bits per heavy atom. The number of benzene rings is 2. The fourth-order valence-corrected chi connectivity index (χ4v) is 2.31. The highest BCUT2D eigenvalue weighted by atomic mass is 35.5. The molecule has 0 spiro atoms. The zero-order chi connectivity index (χ0) is 16.3. The second-order valence-corrected chi connectivity index (χ2v) is 5.33. The smallest absolute Gasteiger partial charge is 0.288 e. The van der Waals surface area contributed by atoms with E-state index in [9.17, 15) is 14.9 Å². The number of hydrogen-bond acceptors (Lipinski definition) is 3. The molecular weight excluding hydrogens is 304 g/mol. The van der Waals surface area contributed by atoms with Crippen molar-refractivity contribution in [1.82, 2.24) is 4.90 Å². The lowest BCUT2D eigenvalue weighted by Crippen LogP contribution is -2.29. The molecule has 0 aromatic heterocycles. The number of halogens is 1. The number of carbonyl (C=O) groups excluding carboxylic acids is 1. The number of hydrogen-bond donors (Lipinski definition) is 0. The molecule has 2 rings (SSSR count). The summed E-state index contributed by atoms with van der Waals surface area (Å²) in [4.78, 5) is 24.4. The molecule has 2 aromatic carbocycles. The van der Waals surface area contributed by atoms with Crippen molar-refractivity contribution < 1.29 is 9.72 Å². The summed E-state index contributed by atoms with van der Waals surface area (Å²) >= 11 is 5.77. The van der Waals surface area contributed by atoms with Gasteiger partial charge in [-0.25, -0.2) is 0 Å². The first-order chi connectivity index (χ1) is 10.4. The standard InChI is InChI=1S/C16H15ClN2O3/c1-11(12-6-4-3-5-7-12)18(2)16(20)13-8-9-14(17)15(10-13)19(21)22/h3-11H,1-2H3. The Bertz CT molecular complexity index is 704. The molecule has 0 saturated carbocycles. The van der Waals surface area contributed by atoms with E-state index in [4.69, 9.17) is 11.6 Å². The van der Waals surface area contributed by atoms with Crippen LogP contribution in [0, 0.1) is 10.1 Å². The Kier molecular flexibility index (Phi) is 4.78. The molecule has 1 unspecified atom stereocenters. The fourth-order valence-electron chi connectivity index (χ4n) is 2.12. The molecule has 0 N–H and O–H groups in total. The third kappa shape index (κ3) is 3.26. The number of amides is 1. The van der Waals surface area contributed by atoms with E-state index in [0.717, 1.165) is 5.56 Å². The van der Waals surface area contributed by atoms with E-state index in [2.05, 4.69) is 0 Å². The average Bonchev–Trinajstić information content (AvgIpc) is 2.53. The molecule has 1 atom stereocenters. The molecule has 5 nitrogen and oxygen atoms in total. The summed E-state index contributed by atoms with van der Waals surface area (Å²) in [6.45, 7) is 1.90. The van der Waals surface area contributed by atoms with Gasteiger partial charge in [0.1, 0.15) is 5.02 Å². The van der Waals surface area contributed by atoms with Crippen LogP contribution in [-0.4, -0.2) is 22.8 Å². The fraction of sp³-hybridized carbons (Fsp3) is 0.188. The molecular formula is C16H15ClN2O3. The molecule has 0 saturated heterocycles. The Hall–Kier alpha value is -2.40. The van der Waals surface area contributed by atoms with Crippen molar-refractivity contribution in [2.75, 3.05) is 7.05 Å². The molecule has 2 aromatic rings. The first kappa shape index (κ1) is 16.0. The number of nitro groups is 1. The number of rotatable bonds is 4. The Balaban J connectivity index is 2.28. The third-order valence-corrected chi connectivity index (χ3v) is 3.89. The lowest BCUT2D eigenvalue weighted by atomic mass is 10.1. The zero-order valence-corrected chi connectivity index (χ0v) is 12.9. The van der Waals surface area contributed by atoms with Crippen LogP contribution in [-0.2, 0) is 0 Å². The highest BCUT2D eigenvalue weighted by molar-refractivity contribution is 6.32. The van der Waals surface area contributed by atoms with Crippen molar-refractivity contribution in [3.8, 4) is 0 Å². The van der Waals surface area contributed by atoms with E-state index < -0.39 is 4.92 Å². The van der Waals surface area contributed by atoms with Crippen molar-refractivity contribution in [3.63, 3.8) is 0 Å². The normalized spacial score (nSPS) is 11.8. The maximum atomic E-state index is 12.5. The quantitative estimate of drug-likeness (QED) is 0.630. The van der Waals surface area contributed by atoms with Crippen molar-refractivity contribution in [3.05, 3.63) is 74.8 Å². The van der Waals surface area contributed by atoms with E-state index in [1.165, 1.54) is 18.2 Å². The van der Waals surface area contributed by atoms with E-state index in [1.807, 2.05) is 37.3 Å². The molecule has 0 aliphatic rings. The summed E-state index contributed by atoms with van der Waals surface area (Å²) in [5.41, 5.74) is 0.955. The summed E-state index contributed by atoms with van der Waals surface area (Å²) < 4.78 is 0. The Labute approximate surface area is 133 Å². The van der Waals surface area contributed by atoms with Crippen LogP contribution in [0.3, 0.4) is 0 Å². The van der Waals surface area contributed by atoms with E-state index in [1.54, 1.807) is 11.9 Å². The topological polar surface area (TPSA) is 63.5 Å². The molecule has 0 aliphatic carbocycles. The summed E-state index contributed by atoms with van der Waals surface area (Å²) in [6.07, 6.45) is 0. The summed E-state index contributed by atoms with van der Waals surface area (Å²) in [5, 5.41) is 10.9. The van der Waals surface area contributed by atoms with Crippen LogP contribution >= 0.6 is 11.6 Å². The molecule has 0 heterocycles. The Morgan fingerprint density at radius 2 is 1.86 bits per heavy atom. The molecule has 114 valence electrons. The minimum Gasteiger partial charge on any atom is -0.335 e. The van der Waals surface area contributed by atoms with Crippen molar-refractivity contribution in [1.29, 1.82) is 0 Å². The van der Waals surface area contributed by atoms with Gasteiger partial charge in [0.15, 0.2) is 0 Å². The second kappa shape index (κ2) is 6.58. The monoisotopic (exact) mass is 318 g/mol. The highest BCUT2D eigenvalue weighted by Gasteiger charge is 2.22. The van der Waals surface area contributed by atoms with Crippen LogP contribution in [0.2, 0.25) is 5.02 Å². The van der Waals surface area contributed by atoms with Crippen LogP contribution < -0.4 is 0 Å². The van der Waals surface area contributed by atoms with Crippen LogP contribution in [0.5, 0.6) is 0 Å². The molecule has 0 fully saturated rings. The second-order valence-electron chi connectivity index (χ2n) is 4.93. The van der Waals surface area contributed by atoms with Crippen molar-refractivity contribution >= 4 is 23.2 Å². The van der Waals surface area contributed by atoms with Crippen LogP contribution in [0.25, 0.3) is 0 Å². The van der Waals surface area contributed by atoms with Gasteiger partial charge in [-0.3, -0.25) is 14.9 Å². The van der Waals surface area contributed by atoms with Crippen molar-refractivity contribution in [2.45, 2.75) is 13.0 Å². The SMILES string of the molecule is CC(c1ccccc1)N(C)C(=O)c1ccc(Cl)c([N+](=O)[O-])c1. The minimum absolute atomic E-state index is 0.0142. The highest BCUT2D eigenvalue weighted by Crippen LogP contribution is 2.27. The van der Waals surface area contributed by atoms with Gasteiger partial charge in [0.25, 0.3) is 11.6 Å². The van der Waals surface area contributed by atoms with Gasteiger partial charge in [-0.05, 0) is 24.6 Å². The lowest BCUT2D eigenvalue weighted by molar-refractivity contribution is -0.384. The van der Waals surface area contributed by atoms with Crippen LogP contribution in [0.4, 0.5) is 5.69 Å². The third-order valence-electron chi connectivity index (χ3n) is 3.57. The first-order valence-electron chi connectivity index (χ1n) is 6.68. The number of nitro benzene ring substituents is 1. The number of nitrogens with zero attached hydrogens (tertiary/aromatic N) is 2. The first-order valence-corrected chi connectivity index (χ1v) is 7.05. The number of carbonyl (C=O) groups is 1. The van der Waals surface area contributed by atoms with Gasteiger partial charge in [-0.15, -0.1) is 0 Å². The van der Waals surface area contributed by atoms with E-state index >= 15 is 0 Å². The maximum absolute atomic E-state index is 12.5. The largest absolute Gasteiger partial charge is 0.335 e. The average molecular weight is 319 g/mol. The predicted octanol–water partition coefficient (Wildman–Crippen LogP) is 4.08. The van der Waals surface area contributed by atoms with Gasteiger partial charge < -0.3 is 4.90 Å². The van der Waals surface area contributed by atoms with E-state index in [0.29, 0.717) is 0 Å². The van der Waals surface area contributed by atoms with E-state index in [-0.39, 0.29) is 28.2 Å². The molecule has 22 heavy (non-hydrogen) atoms. The van der Waals surface area contributed by atoms with Crippen LogP contribution in [0.1, 0.15) is 28.9 Å². The summed E-state index contributed by atoms with van der Waals surface area (Å²) in [5.74, 6) is -0.295. The van der Waals surface area contributed by atoms with Crippen molar-refractivity contribution in [2.24, 2.45) is 0 Å². The van der Waals surface area contributed by atoms with Gasteiger partial charge in [0.05, 0.1) is 11.0 Å². The Morgan fingerprint density at radius 1 is 1.23 bits per heavy atom. The molecule has 6 heteroatoms.